The van der Waals surface area contributed by atoms with Crippen molar-refractivity contribution < 1.29 is 14.1 Å². The summed E-state index contributed by atoms with van der Waals surface area (Å²) < 4.78 is 10.8. The van der Waals surface area contributed by atoms with Crippen molar-refractivity contribution in [3.05, 3.63) is 59.3 Å². The van der Waals surface area contributed by atoms with Crippen LogP contribution in [0.5, 0.6) is 0 Å². The Morgan fingerprint density at radius 2 is 1.96 bits per heavy atom. The number of aryl methyl sites for hydroxylation is 2. The molecule has 1 aromatic heterocycles. The molecule has 0 aliphatic heterocycles. The summed E-state index contributed by atoms with van der Waals surface area (Å²) in [6.45, 7) is 13.4. The molecular weight excluding hydrogens is 316 g/mol. The van der Waals surface area contributed by atoms with Crippen LogP contribution in [-0.4, -0.2) is 17.4 Å². The maximum atomic E-state index is 12.3. The molecule has 1 aromatic carbocycles. The number of allylic oxidation sites excluding steroid dienone is 1. The molecule has 5 heteroatoms. The first-order chi connectivity index (χ1) is 11.8. The molecule has 0 radical (unpaired) electrons. The Kier molecular flexibility index (Phi) is 5.80. The molecule has 1 amide bonds. The van der Waals surface area contributed by atoms with Crippen LogP contribution in [-0.2, 0) is 4.74 Å². The predicted molar refractivity (Wildman–Crippen MR) is 99.5 cm³/mol. The first kappa shape index (κ1) is 18.5. The minimum atomic E-state index is -0.572. The zero-order valence-corrected chi connectivity index (χ0v) is 15.3. The van der Waals surface area contributed by atoms with Gasteiger partial charge in [0.1, 0.15) is 17.5 Å². The van der Waals surface area contributed by atoms with Crippen molar-refractivity contribution in [3.63, 3.8) is 0 Å². The zero-order chi connectivity index (χ0) is 18.6. The summed E-state index contributed by atoms with van der Waals surface area (Å²) in [6.07, 6.45) is 0.927. The molecule has 0 bridgehead atoms. The lowest BCUT2D eigenvalue weighted by Gasteiger charge is -2.16. The van der Waals surface area contributed by atoms with E-state index in [2.05, 4.69) is 17.1 Å². The normalized spacial score (nSPS) is 12.6. The fraction of sp³-hybridized carbons (Fsp3) is 0.300. The molecule has 0 aliphatic rings. The molecule has 2 rings (SSSR count). The number of amides is 1. The van der Waals surface area contributed by atoms with Crippen LogP contribution in [0.1, 0.15) is 32.0 Å². The lowest BCUT2D eigenvalue weighted by atomic mass is 10.1. The Balaban J connectivity index is 2.15. The van der Waals surface area contributed by atoms with E-state index < -0.39 is 12.2 Å². The van der Waals surface area contributed by atoms with Gasteiger partial charge < -0.3 is 9.26 Å². The van der Waals surface area contributed by atoms with E-state index in [4.69, 9.17) is 9.26 Å². The van der Waals surface area contributed by atoms with Gasteiger partial charge in [0, 0.05) is 5.56 Å². The van der Waals surface area contributed by atoms with Crippen LogP contribution < -0.4 is 5.32 Å². The number of nitrogens with one attached hydrogen (secondary N) is 1. The second kappa shape index (κ2) is 7.83. The number of anilines is 1. The van der Waals surface area contributed by atoms with Crippen molar-refractivity contribution in [1.82, 2.24) is 5.16 Å². The van der Waals surface area contributed by atoms with E-state index in [9.17, 15) is 4.79 Å². The quantitative estimate of drug-likeness (QED) is 0.738. The Bertz CT molecular complexity index is 801. The molecule has 1 atom stereocenters. The lowest BCUT2D eigenvalue weighted by Crippen LogP contribution is -2.22. The Morgan fingerprint density at radius 1 is 1.32 bits per heavy atom. The number of aromatic nitrogens is 1. The van der Waals surface area contributed by atoms with Crippen LogP contribution in [0.15, 0.2) is 52.6 Å². The summed E-state index contributed by atoms with van der Waals surface area (Å²) in [6, 6.07) is 7.79. The lowest BCUT2D eigenvalue weighted by molar-refractivity contribution is 0.138. The van der Waals surface area contributed by atoms with Gasteiger partial charge in [-0.25, -0.2) is 4.79 Å². The van der Waals surface area contributed by atoms with Gasteiger partial charge in [-0.1, -0.05) is 47.6 Å². The van der Waals surface area contributed by atoms with E-state index in [1.54, 1.807) is 13.8 Å². The molecule has 0 saturated heterocycles. The number of hydrogen-bond acceptors (Lipinski definition) is 4. The maximum Gasteiger partial charge on any atom is 0.412 e. The smallest absolute Gasteiger partial charge is 0.412 e. The van der Waals surface area contributed by atoms with Crippen LogP contribution in [0.25, 0.3) is 11.3 Å². The molecule has 0 spiro atoms. The third kappa shape index (κ3) is 4.38. The number of rotatable bonds is 5. The van der Waals surface area contributed by atoms with Crippen molar-refractivity contribution in [3.8, 4) is 11.3 Å². The van der Waals surface area contributed by atoms with Gasteiger partial charge >= 0.3 is 6.09 Å². The molecule has 0 saturated carbocycles. The van der Waals surface area contributed by atoms with Gasteiger partial charge in [-0.3, -0.25) is 5.32 Å². The second-order valence-corrected chi connectivity index (χ2v) is 6.01. The number of nitrogens with zero attached hydrogens (tertiary/aromatic N) is 1. The highest BCUT2D eigenvalue weighted by Crippen LogP contribution is 2.31. The van der Waals surface area contributed by atoms with Crippen LogP contribution in [0, 0.1) is 13.8 Å². The van der Waals surface area contributed by atoms with Crippen LogP contribution >= 0.6 is 0 Å². The molecule has 132 valence electrons. The average molecular weight is 340 g/mol. The molecule has 0 aliphatic carbocycles. The molecule has 1 unspecified atom stereocenters. The van der Waals surface area contributed by atoms with Gasteiger partial charge in [-0.15, -0.1) is 0 Å². The van der Waals surface area contributed by atoms with E-state index in [0.29, 0.717) is 17.1 Å². The second-order valence-electron chi connectivity index (χ2n) is 6.01. The van der Waals surface area contributed by atoms with E-state index in [-0.39, 0.29) is 0 Å². The Hall–Kier alpha value is -2.82. The number of hydrogen-bond donors (Lipinski definition) is 1. The van der Waals surface area contributed by atoms with Crippen LogP contribution in [0.2, 0.25) is 0 Å². The van der Waals surface area contributed by atoms with Gasteiger partial charge in [0.15, 0.2) is 5.76 Å². The largest absolute Gasteiger partial charge is 0.441 e. The molecule has 5 nitrogen and oxygen atoms in total. The van der Waals surface area contributed by atoms with Gasteiger partial charge in [-0.05, 0) is 45.8 Å². The van der Waals surface area contributed by atoms with E-state index in [1.807, 2.05) is 51.1 Å². The van der Waals surface area contributed by atoms with Crippen molar-refractivity contribution in [2.45, 2.75) is 40.7 Å². The highest BCUT2D eigenvalue weighted by atomic mass is 16.6. The highest BCUT2D eigenvalue weighted by molar-refractivity contribution is 5.90. The fourth-order valence-corrected chi connectivity index (χ4v) is 2.29. The first-order valence-electron chi connectivity index (χ1n) is 8.16. The number of ether oxygens (including phenoxy) is 1. The zero-order valence-electron chi connectivity index (χ0n) is 15.3. The van der Waals surface area contributed by atoms with Crippen LogP contribution in [0.4, 0.5) is 10.5 Å². The van der Waals surface area contributed by atoms with Gasteiger partial charge in [-0.2, -0.15) is 0 Å². The number of carbonyl (C=O) groups excluding carboxylic acids is 1. The highest BCUT2D eigenvalue weighted by Gasteiger charge is 2.20. The predicted octanol–water partition coefficient (Wildman–Crippen LogP) is 5.42. The Morgan fingerprint density at radius 3 is 2.56 bits per heavy atom. The van der Waals surface area contributed by atoms with E-state index in [0.717, 1.165) is 22.3 Å². The molecule has 25 heavy (non-hydrogen) atoms. The molecule has 1 heterocycles. The summed E-state index contributed by atoms with van der Waals surface area (Å²) in [4.78, 5) is 12.3. The van der Waals surface area contributed by atoms with E-state index >= 15 is 0 Å². The van der Waals surface area contributed by atoms with Crippen molar-refractivity contribution >= 4 is 11.8 Å². The first-order valence-corrected chi connectivity index (χ1v) is 8.16. The van der Waals surface area contributed by atoms with Crippen molar-refractivity contribution in [1.29, 1.82) is 0 Å². The van der Waals surface area contributed by atoms with E-state index in [1.165, 1.54) is 0 Å². The maximum absolute atomic E-state index is 12.3. The molecule has 1 N–H and O–H groups in total. The number of benzene rings is 1. The summed E-state index contributed by atoms with van der Waals surface area (Å²) in [7, 11) is 0. The summed E-state index contributed by atoms with van der Waals surface area (Å²) in [5.74, 6) is 0.505. The SMILES string of the molecule is C=C(C(C)=CC)C(C)OC(=O)Nc1c(C)noc1-c1ccc(C)cc1. The van der Waals surface area contributed by atoms with Gasteiger partial charge in [0.05, 0.1) is 0 Å². The minimum absolute atomic E-state index is 0.431. The standard InChI is InChI=1S/C20H24N2O3/c1-7-13(3)14(4)16(6)24-20(23)21-18-15(5)22-25-19(18)17-10-8-12(2)9-11-17/h7-11,16H,4H2,1-3,5-6H3,(H,21,23). The summed E-state index contributed by atoms with van der Waals surface area (Å²) >= 11 is 0. The summed E-state index contributed by atoms with van der Waals surface area (Å²) in [5, 5.41) is 6.69. The Labute approximate surface area is 148 Å². The number of carbonyl (C=O) groups is 1. The van der Waals surface area contributed by atoms with Crippen molar-refractivity contribution in [2.75, 3.05) is 5.32 Å². The third-order valence-corrected chi connectivity index (χ3v) is 4.12. The van der Waals surface area contributed by atoms with Crippen molar-refractivity contribution in [2.24, 2.45) is 0 Å². The molecule has 0 fully saturated rings. The topological polar surface area (TPSA) is 64.4 Å². The molecule has 2 aromatic rings. The summed E-state index contributed by atoms with van der Waals surface area (Å²) in [5.41, 5.74) is 4.82. The van der Waals surface area contributed by atoms with Gasteiger partial charge in [0.2, 0.25) is 0 Å². The van der Waals surface area contributed by atoms with Gasteiger partial charge in [0.25, 0.3) is 0 Å². The van der Waals surface area contributed by atoms with Crippen LogP contribution in [0.3, 0.4) is 0 Å². The monoisotopic (exact) mass is 340 g/mol. The third-order valence-electron chi connectivity index (χ3n) is 4.12. The molecular formula is C20H24N2O3. The minimum Gasteiger partial charge on any atom is -0.441 e. The fourth-order valence-electron chi connectivity index (χ4n) is 2.29. The average Bonchev–Trinajstić information content (AvgIpc) is 2.94.